The van der Waals surface area contributed by atoms with Crippen molar-refractivity contribution in [2.75, 3.05) is 37.7 Å². The fraction of sp³-hybridized carbons (Fsp3) is 0.206. The summed E-state index contributed by atoms with van der Waals surface area (Å²) in [6, 6.07) is 27.0. The lowest BCUT2D eigenvalue weighted by Gasteiger charge is -2.36. The second-order valence-corrected chi connectivity index (χ2v) is 10.4. The highest BCUT2D eigenvalue weighted by atomic mass is 16.5. The third-order valence-electron chi connectivity index (χ3n) is 7.66. The Morgan fingerprint density at radius 3 is 2.38 bits per heavy atom. The van der Waals surface area contributed by atoms with Gasteiger partial charge in [-0.05, 0) is 48.9 Å². The molecule has 1 fully saturated rings. The van der Waals surface area contributed by atoms with Gasteiger partial charge in [-0.2, -0.15) is 0 Å². The molecule has 6 rings (SSSR count). The van der Waals surface area contributed by atoms with E-state index in [0.717, 1.165) is 39.3 Å². The number of aromatic nitrogens is 2. The van der Waals surface area contributed by atoms with Crippen LogP contribution < -0.4 is 9.64 Å². The molecule has 5 aromatic rings. The minimum atomic E-state index is -0.952. The number of aromatic carboxylic acids is 1. The van der Waals surface area contributed by atoms with Crippen molar-refractivity contribution in [3.05, 3.63) is 108 Å². The highest BCUT2D eigenvalue weighted by Gasteiger charge is 2.27. The summed E-state index contributed by atoms with van der Waals surface area (Å²) >= 11 is 0. The molecule has 42 heavy (non-hydrogen) atoms. The number of carboxylic acids is 1. The molecule has 0 spiro atoms. The molecule has 0 aliphatic carbocycles. The second-order valence-electron chi connectivity index (χ2n) is 10.4. The predicted molar refractivity (Wildman–Crippen MR) is 164 cm³/mol. The van der Waals surface area contributed by atoms with Gasteiger partial charge in [0, 0.05) is 49.7 Å². The number of nitrogens with zero attached hydrogens (tertiary/aromatic N) is 4. The maximum absolute atomic E-state index is 14.0. The minimum absolute atomic E-state index is 0.153. The van der Waals surface area contributed by atoms with Crippen molar-refractivity contribution in [2.24, 2.45) is 0 Å². The fourth-order valence-corrected chi connectivity index (χ4v) is 5.44. The van der Waals surface area contributed by atoms with Gasteiger partial charge in [-0.15, -0.1) is 0 Å². The zero-order valence-corrected chi connectivity index (χ0v) is 23.7. The van der Waals surface area contributed by atoms with Gasteiger partial charge < -0.3 is 19.6 Å². The van der Waals surface area contributed by atoms with E-state index in [1.807, 2.05) is 108 Å². The van der Waals surface area contributed by atoms with Crippen molar-refractivity contribution in [1.82, 2.24) is 14.5 Å². The Hall–Kier alpha value is -5.11. The number of carbonyl (C=O) groups is 2. The van der Waals surface area contributed by atoms with E-state index in [1.165, 1.54) is 0 Å². The first-order chi connectivity index (χ1) is 20.4. The van der Waals surface area contributed by atoms with Gasteiger partial charge in [-0.25, -0.2) is 9.78 Å². The van der Waals surface area contributed by atoms with Crippen LogP contribution in [0.2, 0.25) is 0 Å². The van der Waals surface area contributed by atoms with E-state index in [4.69, 9.17) is 9.72 Å². The fourth-order valence-electron chi connectivity index (χ4n) is 5.44. The molecular formula is C34H32N4O4. The van der Waals surface area contributed by atoms with Crippen molar-refractivity contribution in [3.8, 4) is 22.7 Å². The van der Waals surface area contributed by atoms with Crippen LogP contribution in [0.1, 0.15) is 33.5 Å². The molecular weight excluding hydrogens is 528 g/mol. The minimum Gasteiger partial charge on any atom is -0.494 e. The van der Waals surface area contributed by atoms with Gasteiger partial charge in [-0.3, -0.25) is 9.36 Å². The number of imidazole rings is 1. The van der Waals surface area contributed by atoms with Gasteiger partial charge in [0.2, 0.25) is 5.82 Å². The van der Waals surface area contributed by atoms with Crippen LogP contribution in [0.25, 0.3) is 27.7 Å². The number of benzene rings is 4. The number of ether oxygens (including phenoxy) is 1. The molecule has 1 amide bonds. The number of piperazine rings is 1. The Morgan fingerprint density at radius 1 is 0.881 bits per heavy atom. The molecule has 0 atom stereocenters. The molecule has 4 aromatic carbocycles. The van der Waals surface area contributed by atoms with Crippen LogP contribution in [0.3, 0.4) is 0 Å². The number of amides is 1. The van der Waals surface area contributed by atoms with Crippen molar-refractivity contribution in [1.29, 1.82) is 0 Å². The first-order valence-corrected chi connectivity index (χ1v) is 14.1. The highest BCUT2D eigenvalue weighted by molar-refractivity contribution is 6.05. The second kappa shape index (κ2) is 11.4. The van der Waals surface area contributed by atoms with E-state index in [9.17, 15) is 14.7 Å². The van der Waals surface area contributed by atoms with Crippen LogP contribution in [-0.4, -0.2) is 64.2 Å². The number of aryl methyl sites for hydroxylation is 1. The van der Waals surface area contributed by atoms with E-state index in [1.54, 1.807) is 6.07 Å². The Labute approximate surface area is 244 Å². The largest absolute Gasteiger partial charge is 0.494 e. The standard InChI is InChI=1S/C34H32N4O4/c1-3-42-28-9-6-8-26(20-28)38-22-31(24-13-11-23(2)12-14-24)35-32(38)33(39)37-17-15-36(16-18-37)27-19-25-7-4-5-10-29(25)30(21-27)34(40)41/h4-14,19-22H,3,15-18H2,1-2H3,(H,40,41). The van der Waals surface area contributed by atoms with Gasteiger partial charge in [0.25, 0.3) is 5.91 Å². The number of hydrogen-bond acceptors (Lipinski definition) is 5. The molecule has 1 saturated heterocycles. The maximum Gasteiger partial charge on any atom is 0.336 e. The summed E-state index contributed by atoms with van der Waals surface area (Å²) in [7, 11) is 0. The lowest BCUT2D eigenvalue weighted by Crippen LogP contribution is -2.49. The predicted octanol–water partition coefficient (Wildman–Crippen LogP) is 6.06. The molecule has 1 N–H and O–H groups in total. The number of anilines is 1. The van der Waals surface area contributed by atoms with Gasteiger partial charge in [0.15, 0.2) is 0 Å². The molecule has 0 bridgehead atoms. The summed E-state index contributed by atoms with van der Waals surface area (Å²) in [5.41, 5.74) is 4.72. The first-order valence-electron chi connectivity index (χ1n) is 14.1. The number of carbonyl (C=O) groups excluding carboxylic acids is 1. The lowest BCUT2D eigenvalue weighted by atomic mass is 10.0. The van der Waals surface area contributed by atoms with E-state index in [-0.39, 0.29) is 11.5 Å². The molecule has 0 saturated carbocycles. The summed E-state index contributed by atoms with van der Waals surface area (Å²) in [6.07, 6.45) is 1.90. The van der Waals surface area contributed by atoms with Crippen LogP contribution >= 0.6 is 0 Å². The summed E-state index contributed by atoms with van der Waals surface area (Å²) in [4.78, 5) is 34.8. The first kappa shape index (κ1) is 27.1. The Bertz CT molecular complexity index is 1770. The average Bonchev–Trinajstić information content (AvgIpc) is 3.46. The number of carboxylic acid groups (broad SMARTS) is 1. The van der Waals surface area contributed by atoms with Crippen molar-refractivity contribution in [2.45, 2.75) is 13.8 Å². The highest BCUT2D eigenvalue weighted by Crippen LogP contribution is 2.29. The Kier molecular flexibility index (Phi) is 7.35. The number of fused-ring (bicyclic) bond motifs is 1. The normalized spacial score (nSPS) is 13.4. The quantitative estimate of drug-likeness (QED) is 0.260. The van der Waals surface area contributed by atoms with E-state index in [2.05, 4.69) is 4.90 Å². The maximum atomic E-state index is 14.0. The number of hydrogen-bond donors (Lipinski definition) is 1. The van der Waals surface area contributed by atoms with Gasteiger partial charge in [-0.1, -0.05) is 60.2 Å². The van der Waals surface area contributed by atoms with Crippen molar-refractivity contribution in [3.63, 3.8) is 0 Å². The SMILES string of the molecule is CCOc1cccc(-n2cc(-c3ccc(C)cc3)nc2C(=O)N2CCN(c3cc(C(=O)O)c4ccccc4c3)CC2)c1. The average molecular weight is 561 g/mol. The molecule has 8 heteroatoms. The van der Waals surface area contributed by atoms with E-state index in [0.29, 0.717) is 44.0 Å². The van der Waals surface area contributed by atoms with Crippen LogP contribution in [0.4, 0.5) is 5.69 Å². The summed E-state index contributed by atoms with van der Waals surface area (Å²) < 4.78 is 7.56. The lowest BCUT2D eigenvalue weighted by molar-refractivity contribution is 0.0697. The topological polar surface area (TPSA) is 87.9 Å². The van der Waals surface area contributed by atoms with E-state index >= 15 is 0 Å². The molecule has 0 unspecified atom stereocenters. The summed E-state index contributed by atoms with van der Waals surface area (Å²) in [6.45, 7) is 6.65. The van der Waals surface area contributed by atoms with Crippen molar-refractivity contribution < 1.29 is 19.4 Å². The molecule has 1 aliphatic rings. The molecule has 212 valence electrons. The van der Waals surface area contributed by atoms with Crippen LogP contribution in [0.15, 0.2) is 91.1 Å². The molecule has 8 nitrogen and oxygen atoms in total. The Morgan fingerprint density at radius 2 is 1.64 bits per heavy atom. The van der Waals surface area contributed by atoms with Crippen LogP contribution in [-0.2, 0) is 0 Å². The third-order valence-corrected chi connectivity index (χ3v) is 7.66. The smallest absolute Gasteiger partial charge is 0.336 e. The molecule has 1 aromatic heterocycles. The van der Waals surface area contributed by atoms with E-state index < -0.39 is 5.97 Å². The van der Waals surface area contributed by atoms with Crippen molar-refractivity contribution >= 4 is 28.3 Å². The number of rotatable bonds is 7. The van der Waals surface area contributed by atoms with Gasteiger partial charge in [0.1, 0.15) is 5.75 Å². The molecule has 0 radical (unpaired) electrons. The third kappa shape index (κ3) is 5.31. The Balaban J connectivity index is 1.28. The molecule has 2 heterocycles. The van der Waals surface area contributed by atoms with Crippen LogP contribution in [0.5, 0.6) is 5.75 Å². The zero-order valence-electron chi connectivity index (χ0n) is 23.7. The van der Waals surface area contributed by atoms with Gasteiger partial charge >= 0.3 is 5.97 Å². The van der Waals surface area contributed by atoms with Gasteiger partial charge in [0.05, 0.1) is 23.6 Å². The van der Waals surface area contributed by atoms with Crippen LogP contribution in [0, 0.1) is 6.92 Å². The summed E-state index contributed by atoms with van der Waals surface area (Å²) in [5.74, 6) is -0.0405. The summed E-state index contributed by atoms with van der Waals surface area (Å²) in [5, 5.41) is 11.4. The molecule has 1 aliphatic heterocycles. The zero-order chi connectivity index (χ0) is 29.2. The monoisotopic (exact) mass is 560 g/mol.